The highest BCUT2D eigenvalue weighted by Crippen LogP contribution is 2.57. The number of hydrogen-bond donors (Lipinski definition) is 0. The number of hydrogen-bond acceptors (Lipinski definition) is 0. The van der Waals surface area contributed by atoms with Gasteiger partial charge in [-0.1, -0.05) is 12.1 Å². The maximum Gasteiger partial charge on any atom is 0.123 e. The van der Waals surface area contributed by atoms with Crippen molar-refractivity contribution < 1.29 is 4.39 Å². The molecule has 4 fully saturated rings. The highest BCUT2D eigenvalue weighted by molar-refractivity contribution is 5.16. The van der Waals surface area contributed by atoms with E-state index in [-0.39, 0.29) is 5.82 Å². The second-order valence-corrected chi connectivity index (χ2v) is 7.26. The molecule has 5 rings (SSSR count). The molecule has 0 amide bonds. The van der Waals surface area contributed by atoms with E-state index in [1.807, 2.05) is 12.1 Å². The van der Waals surface area contributed by atoms with Crippen molar-refractivity contribution in [1.82, 2.24) is 0 Å². The van der Waals surface area contributed by atoms with Gasteiger partial charge in [0, 0.05) is 0 Å². The zero-order valence-electron chi connectivity index (χ0n) is 11.5. The third-order valence-corrected chi connectivity index (χ3v) is 6.10. The van der Waals surface area contributed by atoms with Gasteiger partial charge in [-0.3, -0.25) is 0 Å². The van der Waals surface area contributed by atoms with Crippen LogP contribution in [0.15, 0.2) is 24.3 Å². The van der Waals surface area contributed by atoms with Crippen molar-refractivity contribution >= 4 is 0 Å². The second kappa shape index (κ2) is 4.61. The Bertz CT molecular complexity index is 419. The Balaban J connectivity index is 1.42. The van der Waals surface area contributed by atoms with E-state index >= 15 is 0 Å². The first-order chi connectivity index (χ1) is 9.28. The highest BCUT2D eigenvalue weighted by atomic mass is 19.1. The molecule has 102 valence electrons. The third kappa shape index (κ3) is 2.22. The van der Waals surface area contributed by atoms with Crippen molar-refractivity contribution in [3.8, 4) is 0 Å². The summed E-state index contributed by atoms with van der Waals surface area (Å²) in [6.45, 7) is 0. The molecule has 0 aromatic heterocycles. The van der Waals surface area contributed by atoms with Gasteiger partial charge in [-0.25, -0.2) is 4.39 Å². The van der Waals surface area contributed by atoms with Crippen LogP contribution in [0.25, 0.3) is 0 Å². The topological polar surface area (TPSA) is 0 Å². The van der Waals surface area contributed by atoms with E-state index in [9.17, 15) is 4.39 Å². The first-order valence-corrected chi connectivity index (χ1v) is 8.02. The lowest BCUT2D eigenvalue weighted by Crippen LogP contribution is -2.45. The summed E-state index contributed by atoms with van der Waals surface area (Å²) in [5, 5.41) is 0. The van der Waals surface area contributed by atoms with Crippen LogP contribution < -0.4 is 0 Å². The quantitative estimate of drug-likeness (QED) is 0.728. The Morgan fingerprint density at radius 2 is 1.42 bits per heavy atom. The van der Waals surface area contributed by atoms with Crippen LogP contribution in [0.4, 0.5) is 4.39 Å². The number of rotatable bonds is 3. The average molecular weight is 258 g/mol. The van der Waals surface area contributed by atoms with E-state index in [0.29, 0.717) is 0 Å². The number of halogens is 1. The molecule has 0 aliphatic heterocycles. The standard InChI is InChI=1S/C18H23F/c19-17-4-1-12(2-5-17)3-6-18-15-8-13-7-14(10-15)11-16(18)9-13/h1-2,4-5,13-16,18H,3,6-11H2. The second-order valence-electron chi connectivity index (χ2n) is 7.26. The minimum absolute atomic E-state index is 0.113. The molecule has 0 unspecified atom stereocenters. The molecule has 0 spiro atoms. The normalized spacial score (nSPS) is 39.7. The van der Waals surface area contributed by atoms with Gasteiger partial charge >= 0.3 is 0 Å². The number of benzene rings is 1. The molecule has 4 aliphatic rings. The Morgan fingerprint density at radius 1 is 0.842 bits per heavy atom. The third-order valence-electron chi connectivity index (χ3n) is 6.10. The predicted octanol–water partition coefficient (Wildman–Crippen LogP) is 4.83. The lowest BCUT2D eigenvalue weighted by atomic mass is 9.51. The zero-order chi connectivity index (χ0) is 12.8. The van der Waals surface area contributed by atoms with E-state index in [1.165, 1.54) is 44.1 Å². The average Bonchev–Trinajstić information content (AvgIpc) is 2.39. The van der Waals surface area contributed by atoms with Crippen molar-refractivity contribution in [2.24, 2.45) is 29.6 Å². The van der Waals surface area contributed by atoms with Crippen LogP contribution in [0.2, 0.25) is 0 Å². The van der Waals surface area contributed by atoms with Crippen LogP contribution in [0.3, 0.4) is 0 Å². The summed E-state index contributed by atoms with van der Waals surface area (Å²) in [7, 11) is 0. The van der Waals surface area contributed by atoms with Gasteiger partial charge in [0.25, 0.3) is 0 Å². The van der Waals surface area contributed by atoms with Crippen LogP contribution in [0, 0.1) is 35.4 Å². The zero-order valence-corrected chi connectivity index (χ0v) is 11.5. The summed E-state index contributed by atoms with van der Waals surface area (Å²) in [5.74, 6) is 5.05. The molecule has 1 aromatic rings. The van der Waals surface area contributed by atoms with Crippen LogP contribution in [-0.4, -0.2) is 0 Å². The molecular formula is C18H23F. The van der Waals surface area contributed by atoms with E-state index in [2.05, 4.69) is 0 Å². The van der Waals surface area contributed by atoms with E-state index in [1.54, 1.807) is 12.1 Å². The van der Waals surface area contributed by atoms with Gasteiger partial charge in [0.15, 0.2) is 0 Å². The lowest BCUT2D eigenvalue weighted by molar-refractivity contribution is -0.0394. The molecule has 0 atom stereocenters. The molecular weight excluding hydrogens is 235 g/mol. The first kappa shape index (κ1) is 11.9. The Labute approximate surface area is 115 Å². The largest absolute Gasteiger partial charge is 0.207 e. The van der Waals surface area contributed by atoms with Crippen LogP contribution in [0.1, 0.15) is 44.1 Å². The summed E-state index contributed by atoms with van der Waals surface area (Å²) in [4.78, 5) is 0. The molecule has 0 saturated heterocycles. The maximum absolute atomic E-state index is 12.9. The fourth-order valence-electron chi connectivity index (χ4n) is 5.49. The van der Waals surface area contributed by atoms with Crippen molar-refractivity contribution in [3.63, 3.8) is 0 Å². The molecule has 1 heteroatoms. The molecule has 1 aromatic carbocycles. The molecule has 4 saturated carbocycles. The summed E-state index contributed by atoms with van der Waals surface area (Å²) < 4.78 is 12.9. The van der Waals surface area contributed by atoms with Crippen LogP contribution in [0.5, 0.6) is 0 Å². The van der Waals surface area contributed by atoms with Gasteiger partial charge < -0.3 is 0 Å². The van der Waals surface area contributed by atoms with E-state index in [4.69, 9.17) is 0 Å². The molecule has 19 heavy (non-hydrogen) atoms. The van der Waals surface area contributed by atoms with Gasteiger partial charge in [0.1, 0.15) is 5.82 Å². The van der Waals surface area contributed by atoms with Crippen molar-refractivity contribution in [1.29, 1.82) is 0 Å². The Morgan fingerprint density at radius 3 is 2.00 bits per heavy atom. The monoisotopic (exact) mass is 258 g/mol. The fourth-order valence-corrected chi connectivity index (χ4v) is 5.49. The highest BCUT2D eigenvalue weighted by Gasteiger charge is 2.47. The molecule has 0 nitrogen and oxygen atoms in total. The van der Waals surface area contributed by atoms with E-state index in [0.717, 1.165) is 36.0 Å². The van der Waals surface area contributed by atoms with Crippen molar-refractivity contribution in [2.75, 3.05) is 0 Å². The van der Waals surface area contributed by atoms with Gasteiger partial charge in [-0.05, 0) is 92.2 Å². The van der Waals surface area contributed by atoms with E-state index < -0.39 is 0 Å². The van der Waals surface area contributed by atoms with Gasteiger partial charge in [0.05, 0.1) is 0 Å². The molecule has 0 heterocycles. The molecule has 4 aliphatic carbocycles. The Kier molecular flexibility index (Phi) is 2.90. The summed E-state index contributed by atoms with van der Waals surface area (Å²) in [5.41, 5.74) is 1.32. The predicted molar refractivity (Wildman–Crippen MR) is 75.3 cm³/mol. The molecule has 0 radical (unpaired) electrons. The van der Waals surface area contributed by atoms with Crippen molar-refractivity contribution in [3.05, 3.63) is 35.6 Å². The minimum atomic E-state index is -0.113. The SMILES string of the molecule is Fc1ccc(CCC2C3CC4CC(C3)CC2C4)cc1. The lowest BCUT2D eigenvalue weighted by Gasteiger charge is -2.54. The fraction of sp³-hybridized carbons (Fsp3) is 0.667. The molecule has 0 N–H and O–H groups in total. The van der Waals surface area contributed by atoms with Gasteiger partial charge in [-0.2, -0.15) is 0 Å². The molecule has 4 bridgehead atoms. The van der Waals surface area contributed by atoms with Gasteiger partial charge in [-0.15, -0.1) is 0 Å². The van der Waals surface area contributed by atoms with Crippen LogP contribution in [-0.2, 0) is 6.42 Å². The van der Waals surface area contributed by atoms with Crippen molar-refractivity contribution in [2.45, 2.75) is 44.9 Å². The Hall–Kier alpha value is -0.850. The number of aryl methyl sites for hydroxylation is 1. The minimum Gasteiger partial charge on any atom is -0.207 e. The van der Waals surface area contributed by atoms with Gasteiger partial charge in [0.2, 0.25) is 0 Å². The summed E-state index contributed by atoms with van der Waals surface area (Å²) >= 11 is 0. The smallest absolute Gasteiger partial charge is 0.123 e. The maximum atomic E-state index is 12.9. The summed E-state index contributed by atoms with van der Waals surface area (Å²) in [6.07, 6.45) is 10.1. The first-order valence-electron chi connectivity index (χ1n) is 8.02. The van der Waals surface area contributed by atoms with Crippen LogP contribution >= 0.6 is 0 Å². The summed E-state index contributed by atoms with van der Waals surface area (Å²) in [6, 6.07) is 7.13.